The molecule has 0 saturated carbocycles. The van der Waals surface area contributed by atoms with Crippen LogP contribution in [0.4, 0.5) is 0 Å². The molecule has 4 nitrogen and oxygen atoms in total. The van der Waals surface area contributed by atoms with E-state index in [2.05, 4.69) is 43.3 Å². The maximum Gasteiger partial charge on any atom is 0.225 e. The Hall–Kier alpha value is -2.62. The Morgan fingerprint density at radius 1 is 1.11 bits per heavy atom. The number of carbonyl (C=O) groups is 2. The number of benzene rings is 2. The lowest BCUT2D eigenvalue weighted by Gasteiger charge is -2.41. The molecule has 2 amide bonds. The number of carbonyl (C=O) groups excluding carboxylic acids is 2. The van der Waals surface area contributed by atoms with Crippen molar-refractivity contribution in [2.75, 3.05) is 13.1 Å². The van der Waals surface area contributed by atoms with Crippen LogP contribution in [0.15, 0.2) is 48.5 Å². The Labute approximate surface area is 161 Å². The molecule has 3 rings (SSSR count). The van der Waals surface area contributed by atoms with Crippen LogP contribution in [0.2, 0.25) is 0 Å². The van der Waals surface area contributed by atoms with Crippen LogP contribution in [-0.2, 0) is 16.0 Å². The van der Waals surface area contributed by atoms with Gasteiger partial charge in [0.25, 0.3) is 0 Å². The average Bonchev–Trinajstić information content (AvgIpc) is 2.67. The van der Waals surface area contributed by atoms with Crippen LogP contribution in [-0.4, -0.2) is 29.8 Å². The van der Waals surface area contributed by atoms with Gasteiger partial charge in [0.2, 0.25) is 11.8 Å². The maximum absolute atomic E-state index is 12.4. The van der Waals surface area contributed by atoms with E-state index in [1.54, 1.807) is 4.90 Å². The van der Waals surface area contributed by atoms with E-state index >= 15 is 0 Å². The van der Waals surface area contributed by atoms with Gasteiger partial charge in [-0.15, -0.1) is 0 Å². The van der Waals surface area contributed by atoms with Crippen LogP contribution < -0.4 is 5.73 Å². The molecule has 0 radical (unpaired) electrons. The van der Waals surface area contributed by atoms with Crippen molar-refractivity contribution < 1.29 is 9.59 Å². The molecule has 1 fully saturated rings. The molecule has 2 aromatic carbocycles. The van der Waals surface area contributed by atoms with Crippen molar-refractivity contribution in [1.29, 1.82) is 0 Å². The van der Waals surface area contributed by atoms with Gasteiger partial charge in [0.05, 0.1) is 5.41 Å². The highest BCUT2D eigenvalue weighted by atomic mass is 16.2. The molecule has 0 bridgehead atoms. The summed E-state index contributed by atoms with van der Waals surface area (Å²) in [6.45, 7) is 5.07. The predicted octanol–water partition coefficient (Wildman–Crippen LogP) is 3.71. The largest absolute Gasteiger partial charge is 0.369 e. The lowest BCUT2D eigenvalue weighted by atomic mass is 9.74. The van der Waals surface area contributed by atoms with E-state index in [4.69, 9.17) is 5.73 Å². The number of rotatable bonds is 5. The van der Waals surface area contributed by atoms with Gasteiger partial charge in [-0.1, -0.05) is 61.0 Å². The predicted molar refractivity (Wildman–Crippen MR) is 108 cm³/mol. The van der Waals surface area contributed by atoms with Crippen LogP contribution in [0.3, 0.4) is 0 Å². The van der Waals surface area contributed by atoms with E-state index in [0.29, 0.717) is 25.9 Å². The SMILES string of the molecule is CCC(=O)N1CCC[C@@](Cc2cccc(-c3cccc(C)c3)c2)(C(N)=O)C1. The molecule has 0 aliphatic carbocycles. The normalized spacial score (nSPS) is 19.7. The van der Waals surface area contributed by atoms with E-state index in [-0.39, 0.29) is 11.8 Å². The standard InChI is InChI=1S/C23H28N2O2/c1-3-21(26)25-12-6-11-23(16-25,22(24)27)15-18-8-5-10-20(14-18)19-9-4-7-17(2)13-19/h4-5,7-10,13-14H,3,6,11-12,15-16H2,1-2H3,(H2,24,27)/t23-/m0/s1. The van der Waals surface area contributed by atoms with Gasteiger partial charge in [0.1, 0.15) is 0 Å². The first-order chi connectivity index (χ1) is 12.9. The molecule has 142 valence electrons. The number of hydrogen-bond donors (Lipinski definition) is 1. The molecule has 0 unspecified atom stereocenters. The van der Waals surface area contributed by atoms with E-state index in [9.17, 15) is 9.59 Å². The summed E-state index contributed by atoms with van der Waals surface area (Å²) in [5.41, 5.74) is 9.75. The molecule has 2 aromatic rings. The van der Waals surface area contributed by atoms with Crippen LogP contribution in [0.1, 0.15) is 37.3 Å². The van der Waals surface area contributed by atoms with Crippen molar-refractivity contribution in [2.24, 2.45) is 11.1 Å². The van der Waals surface area contributed by atoms with Crippen LogP contribution >= 0.6 is 0 Å². The quantitative estimate of drug-likeness (QED) is 0.879. The van der Waals surface area contributed by atoms with E-state index in [1.807, 2.05) is 19.1 Å². The average molecular weight is 364 g/mol. The number of amides is 2. The van der Waals surface area contributed by atoms with Gasteiger partial charge in [-0.2, -0.15) is 0 Å². The van der Waals surface area contributed by atoms with E-state index < -0.39 is 5.41 Å². The van der Waals surface area contributed by atoms with E-state index in [1.165, 1.54) is 5.56 Å². The topological polar surface area (TPSA) is 63.4 Å². The number of hydrogen-bond acceptors (Lipinski definition) is 2. The van der Waals surface area contributed by atoms with Gasteiger partial charge in [-0.25, -0.2) is 0 Å². The number of nitrogens with two attached hydrogens (primary N) is 1. The Morgan fingerprint density at radius 2 is 1.81 bits per heavy atom. The molecule has 1 aliphatic heterocycles. The molecule has 0 spiro atoms. The molecule has 27 heavy (non-hydrogen) atoms. The van der Waals surface area contributed by atoms with Crippen LogP contribution in [0.5, 0.6) is 0 Å². The minimum atomic E-state index is -0.686. The Bertz CT molecular complexity index is 846. The van der Waals surface area contributed by atoms with Gasteiger partial charge in [0.15, 0.2) is 0 Å². The second-order valence-corrected chi connectivity index (χ2v) is 7.66. The zero-order valence-corrected chi connectivity index (χ0v) is 16.2. The van der Waals surface area contributed by atoms with Gasteiger partial charge < -0.3 is 10.6 Å². The summed E-state index contributed by atoms with van der Waals surface area (Å²) >= 11 is 0. The summed E-state index contributed by atoms with van der Waals surface area (Å²) in [7, 11) is 0. The fraction of sp³-hybridized carbons (Fsp3) is 0.391. The second-order valence-electron chi connectivity index (χ2n) is 7.66. The highest BCUT2D eigenvalue weighted by Gasteiger charge is 2.41. The van der Waals surface area contributed by atoms with Crippen LogP contribution in [0.25, 0.3) is 11.1 Å². The van der Waals surface area contributed by atoms with Crippen molar-refractivity contribution in [3.8, 4) is 11.1 Å². The smallest absolute Gasteiger partial charge is 0.225 e. The zero-order valence-electron chi connectivity index (χ0n) is 16.2. The molecule has 1 atom stereocenters. The second kappa shape index (κ2) is 7.95. The first kappa shape index (κ1) is 19.2. The number of primary amides is 1. The number of likely N-dealkylation sites (tertiary alicyclic amines) is 1. The summed E-state index contributed by atoms with van der Waals surface area (Å²) in [6, 6.07) is 16.7. The van der Waals surface area contributed by atoms with Crippen molar-refractivity contribution in [2.45, 2.75) is 39.5 Å². The highest BCUT2D eigenvalue weighted by molar-refractivity contribution is 5.83. The van der Waals surface area contributed by atoms with Crippen LogP contribution in [0, 0.1) is 12.3 Å². The fourth-order valence-corrected chi connectivity index (χ4v) is 4.08. The summed E-state index contributed by atoms with van der Waals surface area (Å²) in [5.74, 6) is -0.217. The summed E-state index contributed by atoms with van der Waals surface area (Å²) < 4.78 is 0. The first-order valence-electron chi connectivity index (χ1n) is 9.67. The molecule has 0 aromatic heterocycles. The van der Waals surface area contributed by atoms with Crippen molar-refractivity contribution in [3.05, 3.63) is 59.7 Å². The lowest BCUT2D eigenvalue weighted by Crippen LogP contribution is -2.53. The lowest BCUT2D eigenvalue weighted by molar-refractivity contribution is -0.139. The molecular weight excluding hydrogens is 336 g/mol. The van der Waals surface area contributed by atoms with Crippen molar-refractivity contribution in [1.82, 2.24) is 4.90 Å². The Kier molecular flexibility index (Phi) is 5.64. The minimum absolute atomic E-state index is 0.0915. The Morgan fingerprint density at radius 3 is 2.48 bits per heavy atom. The van der Waals surface area contributed by atoms with E-state index in [0.717, 1.165) is 29.5 Å². The molecule has 1 saturated heterocycles. The first-order valence-corrected chi connectivity index (χ1v) is 9.67. The number of nitrogens with zero attached hydrogens (tertiary/aromatic N) is 1. The third-order valence-corrected chi connectivity index (χ3v) is 5.58. The third kappa shape index (κ3) is 4.21. The molecule has 1 heterocycles. The number of piperidine rings is 1. The molecule has 2 N–H and O–H groups in total. The molecule has 4 heteroatoms. The summed E-state index contributed by atoms with van der Waals surface area (Å²) in [4.78, 5) is 26.4. The summed E-state index contributed by atoms with van der Waals surface area (Å²) in [5, 5.41) is 0. The number of aryl methyl sites for hydroxylation is 1. The van der Waals surface area contributed by atoms with Gasteiger partial charge >= 0.3 is 0 Å². The van der Waals surface area contributed by atoms with Gasteiger partial charge in [0, 0.05) is 19.5 Å². The fourth-order valence-electron chi connectivity index (χ4n) is 4.08. The van der Waals surface area contributed by atoms with Crippen molar-refractivity contribution >= 4 is 11.8 Å². The van der Waals surface area contributed by atoms with Crippen molar-refractivity contribution in [3.63, 3.8) is 0 Å². The van der Waals surface area contributed by atoms with Gasteiger partial charge in [-0.3, -0.25) is 9.59 Å². The van der Waals surface area contributed by atoms with Gasteiger partial charge in [-0.05, 0) is 42.9 Å². The third-order valence-electron chi connectivity index (χ3n) is 5.58. The maximum atomic E-state index is 12.4. The minimum Gasteiger partial charge on any atom is -0.369 e. The highest BCUT2D eigenvalue weighted by Crippen LogP contribution is 2.35. The Balaban J connectivity index is 1.88. The summed E-state index contributed by atoms with van der Waals surface area (Å²) in [6.07, 6.45) is 2.56. The molecule has 1 aliphatic rings. The molecular formula is C23H28N2O2. The monoisotopic (exact) mass is 364 g/mol. The zero-order chi connectivity index (χ0) is 19.4.